The van der Waals surface area contributed by atoms with Gasteiger partial charge in [0.2, 0.25) is 0 Å². The third-order valence-corrected chi connectivity index (χ3v) is 8.39. The van der Waals surface area contributed by atoms with Crippen LogP contribution in [0.4, 0.5) is 22.7 Å². The number of hydrogen-bond acceptors (Lipinski definition) is 7. The Bertz CT molecular complexity index is 1500. The smallest absolute Gasteiger partial charge is 0.270 e. The van der Waals surface area contributed by atoms with Crippen molar-refractivity contribution < 1.29 is 14.5 Å². The predicted molar refractivity (Wildman–Crippen MR) is 173 cm³/mol. The summed E-state index contributed by atoms with van der Waals surface area (Å²) in [4.78, 5) is 43.1. The predicted octanol–water partition coefficient (Wildman–Crippen LogP) is 5.57. The van der Waals surface area contributed by atoms with Gasteiger partial charge in [0, 0.05) is 73.4 Å². The van der Waals surface area contributed by atoms with E-state index < -0.39 is 10.8 Å². The SMILES string of the molecule is CC1CCN(c2ccc([N+](=O)[O-])cc2C(=O)NC(=S)Nc2ccc(N3CCN(C(=O)c4ccc(Cl)cc4)CC3)cc2)CC1. The van der Waals surface area contributed by atoms with Crippen LogP contribution in [0.3, 0.4) is 0 Å². The number of halogens is 1. The number of carbonyl (C=O) groups is 2. The number of non-ortho nitro benzene ring substituents is 1. The maximum Gasteiger partial charge on any atom is 0.270 e. The summed E-state index contributed by atoms with van der Waals surface area (Å²) < 4.78 is 0. The Morgan fingerprint density at radius 3 is 2.19 bits per heavy atom. The second kappa shape index (κ2) is 13.4. The molecule has 0 aliphatic carbocycles. The Kier molecular flexibility index (Phi) is 9.42. The van der Waals surface area contributed by atoms with Crippen LogP contribution in [-0.4, -0.2) is 66.0 Å². The van der Waals surface area contributed by atoms with E-state index in [1.54, 1.807) is 30.3 Å². The average Bonchev–Trinajstić information content (AvgIpc) is 3.01. The highest BCUT2D eigenvalue weighted by atomic mass is 35.5. The summed E-state index contributed by atoms with van der Waals surface area (Å²) in [5, 5.41) is 17.8. The Morgan fingerprint density at radius 2 is 1.56 bits per heavy atom. The van der Waals surface area contributed by atoms with Crippen LogP contribution in [0.2, 0.25) is 5.02 Å². The van der Waals surface area contributed by atoms with Crippen LogP contribution in [0.25, 0.3) is 0 Å². The molecule has 2 saturated heterocycles. The molecule has 2 fully saturated rings. The maximum atomic E-state index is 13.3. The lowest BCUT2D eigenvalue weighted by Gasteiger charge is -2.36. The number of nitrogens with zero attached hydrogens (tertiary/aromatic N) is 4. The molecule has 3 aromatic carbocycles. The zero-order valence-electron chi connectivity index (χ0n) is 23.8. The molecule has 12 heteroatoms. The largest absolute Gasteiger partial charge is 0.371 e. The molecule has 3 aromatic rings. The van der Waals surface area contributed by atoms with Gasteiger partial charge >= 0.3 is 0 Å². The van der Waals surface area contributed by atoms with Crippen LogP contribution in [0.1, 0.15) is 40.5 Å². The van der Waals surface area contributed by atoms with Crippen molar-refractivity contribution in [2.75, 3.05) is 54.4 Å². The van der Waals surface area contributed by atoms with Crippen LogP contribution in [0.5, 0.6) is 0 Å². The zero-order chi connectivity index (χ0) is 30.5. The number of nitrogens with one attached hydrogen (secondary N) is 2. The van der Waals surface area contributed by atoms with Crippen LogP contribution < -0.4 is 20.4 Å². The number of anilines is 3. The number of amides is 2. The molecular weight excluding hydrogens is 588 g/mol. The third kappa shape index (κ3) is 7.41. The summed E-state index contributed by atoms with van der Waals surface area (Å²) in [5.41, 5.74) is 3.06. The number of piperazine rings is 1. The van der Waals surface area contributed by atoms with E-state index in [9.17, 15) is 19.7 Å². The lowest BCUT2D eigenvalue weighted by Crippen LogP contribution is -2.48. The number of benzene rings is 3. The van der Waals surface area contributed by atoms with Crippen molar-refractivity contribution in [2.45, 2.75) is 19.8 Å². The fourth-order valence-corrected chi connectivity index (χ4v) is 5.71. The highest BCUT2D eigenvalue weighted by Gasteiger charge is 2.25. The molecular formula is C31H33ClN6O4S. The number of carbonyl (C=O) groups excluding carboxylic acids is 2. The highest BCUT2D eigenvalue weighted by molar-refractivity contribution is 7.80. The first-order chi connectivity index (χ1) is 20.7. The summed E-state index contributed by atoms with van der Waals surface area (Å²) in [5.74, 6) is 0.0929. The van der Waals surface area contributed by atoms with E-state index >= 15 is 0 Å². The zero-order valence-corrected chi connectivity index (χ0v) is 25.4. The Hall–Kier alpha value is -4.22. The van der Waals surface area contributed by atoms with E-state index in [4.69, 9.17) is 23.8 Å². The highest BCUT2D eigenvalue weighted by Crippen LogP contribution is 2.29. The fraction of sp³-hybridized carbons (Fsp3) is 0.323. The van der Waals surface area contributed by atoms with Crippen molar-refractivity contribution >= 4 is 63.5 Å². The first-order valence-corrected chi connectivity index (χ1v) is 15.0. The molecule has 2 N–H and O–H groups in total. The van der Waals surface area contributed by atoms with Gasteiger partial charge in [0.1, 0.15) is 0 Å². The van der Waals surface area contributed by atoms with Gasteiger partial charge in [-0.15, -0.1) is 0 Å². The number of piperidine rings is 1. The summed E-state index contributed by atoms with van der Waals surface area (Å²) >= 11 is 11.4. The first-order valence-electron chi connectivity index (χ1n) is 14.2. The summed E-state index contributed by atoms with van der Waals surface area (Å²) in [6.45, 7) is 6.36. The van der Waals surface area contributed by atoms with Crippen LogP contribution in [-0.2, 0) is 0 Å². The van der Waals surface area contributed by atoms with Gasteiger partial charge in [0.05, 0.1) is 16.2 Å². The van der Waals surface area contributed by atoms with Crippen molar-refractivity contribution in [1.82, 2.24) is 10.2 Å². The number of thiocarbonyl (C=S) groups is 1. The molecule has 2 aliphatic rings. The molecule has 0 bridgehead atoms. The van der Waals surface area contributed by atoms with Gasteiger partial charge in [-0.1, -0.05) is 18.5 Å². The van der Waals surface area contributed by atoms with Crippen molar-refractivity contribution in [3.8, 4) is 0 Å². The molecule has 5 rings (SSSR count). The molecule has 0 atom stereocenters. The summed E-state index contributed by atoms with van der Waals surface area (Å²) in [6, 6.07) is 19.0. The van der Waals surface area contributed by atoms with Crippen molar-refractivity contribution in [2.24, 2.45) is 5.92 Å². The van der Waals surface area contributed by atoms with E-state index in [0.29, 0.717) is 54.1 Å². The molecule has 0 spiro atoms. The van der Waals surface area contributed by atoms with Gasteiger partial charge in [0.25, 0.3) is 17.5 Å². The van der Waals surface area contributed by atoms with Gasteiger partial charge in [-0.2, -0.15) is 0 Å². The molecule has 2 amide bonds. The van der Waals surface area contributed by atoms with E-state index in [0.717, 1.165) is 31.6 Å². The molecule has 0 aromatic heterocycles. The van der Waals surface area contributed by atoms with Crippen molar-refractivity contribution in [3.05, 3.63) is 93.0 Å². The quantitative estimate of drug-likeness (QED) is 0.209. The molecule has 2 aliphatic heterocycles. The monoisotopic (exact) mass is 620 g/mol. The molecule has 10 nitrogen and oxygen atoms in total. The molecule has 43 heavy (non-hydrogen) atoms. The van der Waals surface area contributed by atoms with Crippen molar-refractivity contribution in [3.63, 3.8) is 0 Å². The van der Waals surface area contributed by atoms with Crippen molar-refractivity contribution in [1.29, 1.82) is 0 Å². The number of nitro groups is 1. The molecule has 0 saturated carbocycles. The Labute approximate surface area is 260 Å². The average molecular weight is 621 g/mol. The first kappa shape index (κ1) is 30.2. The molecule has 224 valence electrons. The standard InChI is InChI=1S/C31H33ClN6O4S/c1-21-12-14-36(15-13-21)28-11-10-26(38(41)42)20-27(28)29(39)34-31(43)33-24-6-8-25(9-7-24)35-16-18-37(19-17-35)30(40)22-2-4-23(32)5-3-22/h2-11,20-21H,12-19H2,1H3,(H2,33,34,39,43). The molecule has 0 radical (unpaired) electrons. The Balaban J connectivity index is 1.17. The van der Waals surface area contributed by atoms with Gasteiger partial charge in [-0.05, 0) is 85.6 Å². The normalized spacial score (nSPS) is 15.6. The minimum atomic E-state index is -0.506. The number of nitro benzene ring substituents is 1. The van der Waals surface area contributed by atoms with Gasteiger partial charge < -0.3 is 20.0 Å². The fourth-order valence-electron chi connectivity index (χ4n) is 5.38. The topological polar surface area (TPSA) is 111 Å². The summed E-state index contributed by atoms with van der Waals surface area (Å²) in [6.07, 6.45) is 1.98. The minimum Gasteiger partial charge on any atom is -0.371 e. The lowest BCUT2D eigenvalue weighted by molar-refractivity contribution is -0.384. The second-order valence-electron chi connectivity index (χ2n) is 10.9. The number of rotatable bonds is 6. The van der Waals surface area contributed by atoms with Crippen LogP contribution >= 0.6 is 23.8 Å². The Morgan fingerprint density at radius 1 is 0.907 bits per heavy atom. The van der Waals surface area contributed by atoms with E-state index in [1.165, 1.54) is 12.1 Å². The molecule has 2 heterocycles. The van der Waals surface area contributed by atoms with E-state index in [1.807, 2.05) is 29.2 Å². The van der Waals surface area contributed by atoms with Crippen LogP contribution in [0.15, 0.2) is 66.7 Å². The summed E-state index contributed by atoms with van der Waals surface area (Å²) in [7, 11) is 0. The second-order valence-corrected chi connectivity index (χ2v) is 11.7. The van der Waals surface area contributed by atoms with E-state index in [2.05, 4.69) is 27.4 Å². The van der Waals surface area contributed by atoms with Crippen LogP contribution in [0, 0.1) is 16.0 Å². The number of hydrogen-bond donors (Lipinski definition) is 2. The minimum absolute atomic E-state index is 0.00539. The maximum absolute atomic E-state index is 13.3. The lowest BCUT2D eigenvalue weighted by atomic mass is 9.98. The van der Waals surface area contributed by atoms with E-state index in [-0.39, 0.29) is 22.3 Å². The third-order valence-electron chi connectivity index (χ3n) is 7.94. The van der Waals surface area contributed by atoms with Gasteiger partial charge in [-0.25, -0.2) is 0 Å². The molecule has 0 unspecified atom stereocenters. The van der Waals surface area contributed by atoms with Gasteiger partial charge in [0.15, 0.2) is 5.11 Å². The van der Waals surface area contributed by atoms with Gasteiger partial charge in [-0.3, -0.25) is 25.0 Å².